The minimum Gasteiger partial charge on any atom is -0.868 e. The summed E-state index contributed by atoms with van der Waals surface area (Å²) in [5, 5.41) is 22.8. The van der Waals surface area contributed by atoms with Gasteiger partial charge in [0.25, 0.3) is 11.6 Å². The summed E-state index contributed by atoms with van der Waals surface area (Å²) in [7, 11) is 0. The van der Waals surface area contributed by atoms with Gasteiger partial charge in [0, 0.05) is 11.1 Å². The molecule has 1 heterocycles. The number of carbonyl (C=O) groups excluding carboxylic acids is 1. The number of rotatable bonds is 3. The monoisotopic (exact) mass is 391 g/mol. The predicted molar refractivity (Wildman–Crippen MR) is 99.6 cm³/mol. The van der Waals surface area contributed by atoms with Crippen LogP contribution in [-0.2, 0) is 4.79 Å². The number of hydrogen-bond acceptors (Lipinski definition) is 6. The summed E-state index contributed by atoms with van der Waals surface area (Å²) < 4.78 is 0.327. The quantitative estimate of drug-likeness (QED) is 0.343. The van der Waals surface area contributed by atoms with E-state index in [0.717, 1.165) is 23.9 Å². The Labute approximate surface area is 156 Å². The number of carbonyl (C=O) groups is 1. The standard InChI is InChI=1S/C16H9ClN2O4S2/c17-10-2-1-3-11(8-10)18-15(21)14(25-16(18)24)7-9-4-5-13(20)12(6-9)19(22)23/h1-8,20H/p-1/b14-7-. The third-order valence-electron chi connectivity index (χ3n) is 3.34. The van der Waals surface area contributed by atoms with E-state index in [4.69, 9.17) is 23.8 Å². The molecule has 1 amide bonds. The molecule has 0 N–H and O–H groups in total. The zero-order valence-corrected chi connectivity index (χ0v) is 14.7. The van der Waals surface area contributed by atoms with Crippen molar-refractivity contribution in [3.63, 3.8) is 0 Å². The second kappa shape index (κ2) is 6.83. The summed E-state index contributed by atoms with van der Waals surface area (Å²) in [5.74, 6) is -1.04. The van der Waals surface area contributed by atoms with Gasteiger partial charge in [-0.1, -0.05) is 53.8 Å². The van der Waals surface area contributed by atoms with Crippen LogP contribution < -0.4 is 10.0 Å². The summed E-state index contributed by atoms with van der Waals surface area (Å²) >= 11 is 12.3. The van der Waals surface area contributed by atoms with Gasteiger partial charge in [0.05, 0.1) is 15.5 Å². The van der Waals surface area contributed by atoms with Gasteiger partial charge in [-0.25, -0.2) is 0 Å². The van der Waals surface area contributed by atoms with Gasteiger partial charge in [0.15, 0.2) is 4.32 Å². The first kappa shape index (κ1) is 17.4. The number of nitro groups is 1. The van der Waals surface area contributed by atoms with Gasteiger partial charge in [-0.3, -0.25) is 19.8 Å². The summed E-state index contributed by atoms with van der Waals surface area (Å²) in [6, 6.07) is 10.4. The average Bonchev–Trinajstić information content (AvgIpc) is 2.83. The highest BCUT2D eigenvalue weighted by Crippen LogP contribution is 2.37. The number of benzene rings is 2. The van der Waals surface area contributed by atoms with Gasteiger partial charge in [-0.15, -0.1) is 0 Å². The number of amides is 1. The van der Waals surface area contributed by atoms with Crippen LogP contribution in [-0.4, -0.2) is 15.2 Å². The third kappa shape index (κ3) is 3.51. The van der Waals surface area contributed by atoms with Crippen molar-refractivity contribution in [3.8, 4) is 5.75 Å². The molecule has 1 aliphatic heterocycles. The van der Waals surface area contributed by atoms with E-state index in [-0.39, 0.29) is 5.91 Å². The topological polar surface area (TPSA) is 86.5 Å². The first-order valence-corrected chi connectivity index (χ1v) is 8.46. The normalized spacial score (nSPS) is 15.9. The number of hydrogen-bond donors (Lipinski definition) is 0. The Morgan fingerprint density at radius 3 is 2.68 bits per heavy atom. The lowest BCUT2D eigenvalue weighted by Crippen LogP contribution is -2.27. The molecule has 0 radical (unpaired) electrons. The Hall–Kier alpha value is -2.42. The van der Waals surface area contributed by atoms with Crippen LogP contribution in [0.2, 0.25) is 5.02 Å². The van der Waals surface area contributed by atoms with Gasteiger partial charge in [0.1, 0.15) is 0 Å². The second-order valence-electron chi connectivity index (χ2n) is 4.98. The van der Waals surface area contributed by atoms with Crippen molar-refractivity contribution in [2.45, 2.75) is 0 Å². The van der Waals surface area contributed by atoms with E-state index in [1.807, 2.05) is 0 Å². The highest BCUT2D eigenvalue weighted by Gasteiger charge is 2.33. The molecule has 1 aliphatic rings. The zero-order valence-electron chi connectivity index (χ0n) is 12.3. The molecule has 9 heteroatoms. The van der Waals surface area contributed by atoms with Crippen LogP contribution in [0, 0.1) is 10.1 Å². The molecule has 0 bridgehead atoms. The maximum absolute atomic E-state index is 12.6. The first-order valence-electron chi connectivity index (χ1n) is 6.86. The number of nitro benzene ring substituents is 1. The second-order valence-corrected chi connectivity index (χ2v) is 7.09. The molecule has 2 aromatic carbocycles. The van der Waals surface area contributed by atoms with Crippen LogP contribution in [0.15, 0.2) is 47.4 Å². The lowest BCUT2D eigenvalue weighted by atomic mass is 10.1. The van der Waals surface area contributed by atoms with Crippen molar-refractivity contribution in [1.82, 2.24) is 0 Å². The van der Waals surface area contributed by atoms with Crippen molar-refractivity contribution in [3.05, 3.63) is 68.1 Å². The van der Waals surface area contributed by atoms with Gasteiger partial charge < -0.3 is 5.11 Å². The van der Waals surface area contributed by atoms with Crippen LogP contribution >= 0.6 is 35.6 Å². The average molecular weight is 392 g/mol. The molecule has 0 atom stereocenters. The predicted octanol–water partition coefficient (Wildman–Crippen LogP) is 3.73. The lowest BCUT2D eigenvalue weighted by molar-refractivity contribution is -0.398. The Morgan fingerprint density at radius 2 is 2.00 bits per heavy atom. The van der Waals surface area contributed by atoms with E-state index in [2.05, 4.69) is 0 Å². The van der Waals surface area contributed by atoms with Gasteiger partial charge >= 0.3 is 0 Å². The molecular formula is C16H8ClN2O4S2-. The Balaban J connectivity index is 1.96. The number of nitrogens with zero attached hydrogens (tertiary/aromatic N) is 2. The van der Waals surface area contributed by atoms with Crippen LogP contribution in [0.5, 0.6) is 5.75 Å². The molecule has 0 unspecified atom stereocenters. The Bertz CT molecular complexity index is 945. The highest BCUT2D eigenvalue weighted by atomic mass is 35.5. The van der Waals surface area contributed by atoms with E-state index in [1.54, 1.807) is 24.3 Å². The Kier molecular flexibility index (Phi) is 4.76. The zero-order chi connectivity index (χ0) is 18.1. The molecule has 6 nitrogen and oxygen atoms in total. The molecule has 3 rings (SSSR count). The minimum atomic E-state index is -0.753. The number of halogens is 1. The molecule has 0 saturated carbocycles. The molecule has 2 aromatic rings. The Morgan fingerprint density at radius 1 is 1.24 bits per heavy atom. The van der Waals surface area contributed by atoms with Crippen LogP contribution in [0.4, 0.5) is 11.4 Å². The fourth-order valence-corrected chi connectivity index (χ4v) is 3.71. The fraction of sp³-hybridized carbons (Fsp3) is 0. The van der Waals surface area contributed by atoms with Crippen molar-refractivity contribution >= 4 is 63.3 Å². The minimum absolute atomic E-state index is 0.304. The van der Waals surface area contributed by atoms with Crippen LogP contribution in [0.25, 0.3) is 6.08 Å². The van der Waals surface area contributed by atoms with Gasteiger partial charge in [-0.05, 0) is 35.6 Å². The molecule has 0 aliphatic carbocycles. The van der Waals surface area contributed by atoms with Crippen molar-refractivity contribution in [2.24, 2.45) is 0 Å². The first-order chi connectivity index (χ1) is 11.9. The van der Waals surface area contributed by atoms with E-state index >= 15 is 0 Å². The van der Waals surface area contributed by atoms with E-state index < -0.39 is 16.4 Å². The van der Waals surface area contributed by atoms with E-state index in [9.17, 15) is 20.0 Å². The lowest BCUT2D eigenvalue weighted by Gasteiger charge is -2.14. The summed E-state index contributed by atoms with van der Waals surface area (Å²) in [6.45, 7) is 0. The maximum atomic E-state index is 12.6. The largest absolute Gasteiger partial charge is 0.868 e. The van der Waals surface area contributed by atoms with Crippen molar-refractivity contribution < 1.29 is 14.8 Å². The van der Waals surface area contributed by atoms with Gasteiger partial charge in [0.2, 0.25) is 0 Å². The van der Waals surface area contributed by atoms with Crippen LogP contribution in [0.3, 0.4) is 0 Å². The fourth-order valence-electron chi connectivity index (χ4n) is 2.22. The summed E-state index contributed by atoms with van der Waals surface area (Å²) in [5.41, 5.74) is 0.372. The molecule has 1 fully saturated rings. The number of anilines is 1. The molecule has 126 valence electrons. The molecule has 0 aromatic heterocycles. The van der Waals surface area contributed by atoms with E-state index in [0.29, 0.717) is 25.5 Å². The number of thiocarbonyl (C=S) groups is 1. The van der Waals surface area contributed by atoms with Crippen LogP contribution in [0.1, 0.15) is 5.56 Å². The van der Waals surface area contributed by atoms with Gasteiger partial charge in [-0.2, -0.15) is 0 Å². The smallest absolute Gasteiger partial charge is 0.270 e. The molecular weight excluding hydrogens is 384 g/mol. The molecule has 0 spiro atoms. The van der Waals surface area contributed by atoms with Crippen molar-refractivity contribution in [2.75, 3.05) is 4.90 Å². The summed E-state index contributed by atoms with van der Waals surface area (Å²) in [4.78, 5) is 24.4. The third-order valence-corrected chi connectivity index (χ3v) is 4.87. The highest BCUT2D eigenvalue weighted by molar-refractivity contribution is 8.27. The van der Waals surface area contributed by atoms with Crippen molar-refractivity contribution in [1.29, 1.82) is 0 Å². The SMILES string of the molecule is O=C1/C(=C/c2ccc([O-])c([N+](=O)[O-])c2)SC(=S)N1c1cccc(Cl)c1. The number of thioether (sulfide) groups is 1. The maximum Gasteiger partial charge on any atom is 0.270 e. The summed E-state index contributed by atoms with van der Waals surface area (Å²) in [6.07, 6.45) is 1.47. The van der Waals surface area contributed by atoms with E-state index in [1.165, 1.54) is 17.0 Å². The molecule has 1 saturated heterocycles. The molecule has 25 heavy (non-hydrogen) atoms.